The summed E-state index contributed by atoms with van der Waals surface area (Å²) in [7, 11) is 0. The lowest BCUT2D eigenvalue weighted by Crippen LogP contribution is -2.38. The van der Waals surface area contributed by atoms with Crippen LogP contribution >= 0.6 is 46.9 Å². The summed E-state index contributed by atoms with van der Waals surface area (Å²) in [5, 5.41) is 6.36. The van der Waals surface area contributed by atoms with E-state index in [1.54, 1.807) is 6.07 Å². The smallest absolute Gasteiger partial charge is 0.253 e. The number of carbonyl (C=O) groups excluding carboxylic acids is 1. The predicted molar refractivity (Wildman–Crippen MR) is 94.8 cm³/mol. The van der Waals surface area contributed by atoms with E-state index in [0.29, 0.717) is 20.8 Å². The van der Waals surface area contributed by atoms with Gasteiger partial charge in [-0.25, -0.2) is 0 Å². The van der Waals surface area contributed by atoms with Crippen molar-refractivity contribution in [3.8, 4) is 0 Å². The van der Waals surface area contributed by atoms with Crippen LogP contribution in [0, 0.1) is 0 Å². The molecule has 0 radical (unpaired) electrons. The lowest BCUT2D eigenvalue weighted by atomic mass is 9.94. The number of hydrogen-bond acceptors (Lipinski definition) is 3. The monoisotopic (exact) mass is 376 g/mol. The quantitative estimate of drug-likeness (QED) is 0.845. The summed E-state index contributed by atoms with van der Waals surface area (Å²) in [4.78, 5) is 12.2. The first-order valence-corrected chi connectivity index (χ1v) is 8.26. The lowest BCUT2D eigenvalue weighted by molar-refractivity contribution is 0.0949. The largest absolute Gasteiger partial charge is 0.350 e. The normalized spacial score (nSPS) is 16.5. The number of nitrogens with one attached hydrogen (secondary N) is 2. The van der Waals surface area contributed by atoms with Crippen molar-refractivity contribution >= 4 is 52.9 Å². The molecule has 1 aromatic heterocycles. The fourth-order valence-corrected chi connectivity index (χ4v) is 4.02. The second-order valence-corrected chi connectivity index (χ2v) is 7.19. The number of amides is 1. The highest BCUT2D eigenvalue weighted by atomic mass is 35.5. The van der Waals surface area contributed by atoms with E-state index < -0.39 is 0 Å². The van der Waals surface area contributed by atoms with Gasteiger partial charge in [-0.1, -0.05) is 47.5 Å². The molecule has 3 rings (SSSR count). The van der Waals surface area contributed by atoms with Gasteiger partial charge in [0, 0.05) is 12.6 Å². The van der Waals surface area contributed by atoms with Crippen LogP contribution in [0.15, 0.2) is 30.3 Å². The zero-order chi connectivity index (χ0) is 14.8. The number of benzene rings is 1. The summed E-state index contributed by atoms with van der Waals surface area (Å²) in [6.07, 6.45) is 1.02. The maximum absolute atomic E-state index is 12.2. The van der Waals surface area contributed by atoms with Gasteiger partial charge in [-0.15, -0.1) is 23.7 Å². The minimum absolute atomic E-state index is 0. The van der Waals surface area contributed by atoms with E-state index >= 15 is 0 Å². The molecule has 22 heavy (non-hydrogen) atoms. The van der Waals surface area contributed by atoms with Crippen LogP contribution in [0.2, 0.25) is 8.67 Å². The van der Waals surface area contributed by atoms with Crippen LogP contribution in [0.5, 0.6) is 0 Å². The van der Waals surface area contributed by atoms with E-state index in [2.05, 4.69) is 22.8 Å². The minimum atomic E-state index is -0.187. The van der Waals surface area contributed by atoms with Gasteiger partial charge in [0.1, 0.15) is 4.34 Å². The Morgan fingerprint density at radius 1 is 1.36 bits per heavy atom. The van der Waals surface area contributed by atoms with Gasteiger partial charge in [-0.2, -0.15) is 0 Å². The Balaban J connectivity index is 0.00000176. The van der Waals surface area contributed by atoms with Crippen molar-refractivity contribution in [2.75, 3.05) is 13.1 Å². The Bertz CT molecular complexity index is 675. The van der Waals surface area contributed by atoms with Gasteiger partial charge < -0.3 is 10.6 Å². The van der Waals surface area contributed by atoms with E-state index in [1.807, 2.05) is 12.1 Å². The summed E-state index contributed by atoms with van der Waals surface area (Å²) < 4.78 is 0.945. The molecule has 2 N–H and O–H groups in total. The first-order chi connectivity index (χ1) is 10.1. The van der Waals surface area contributed by atoms with Gasteiger partial charge in [0.25, 0.3) is 5.91 Å². The first kappa shape index (κ1) is 17.6. The van der Waals surface area contributed by atoms with Crippen LogP contribution < -0.4 is 10.6 Å². The molecule has 1 aliphatic heterocycles. The van der Waals surface area contributed by atoms with Crippen molar-refractivity contribution in [3.63, 3.8) is 0 Å². The van der Waals surface area contributed by atoms with Gasteiger partial charge in [-0.05, 0) is 30.2 Å². The number of halogens is 3. The van der Waals surface area contributed by atoms with Gasteiger partial charge in [-0.3, -0.25) is 4.79 Å². The standard InChI is InChI=1S/C15H14Cl2N2OS.ClH/c16-13-7-11(14(17)21-13)15(20)19-8-12-10-4-2-1-3-9(10)5-6-18-12;/h1-4,7,12,18H,5-6,8H2,(H,19,20);1H. The fourth-order valence-electron chi connectivity index (χ4n) is 2.56. The maximum atomic E-state index is 12.2. The predicted octanol–water partition coefficient (Wildman–Crippen LogP) is 4.09. The minimum Gasteiger partial charge on any atom is -0.350 e. The van der Waals surface area contributed by atoms with Gasteiger partial charge in [0.2, 0.25) is 0 Å². The van der Waals surface area contributed by atoms with Gasteiger partial charge >= 0.3 is 0 Å². The van der Waals surface area contributed by atoms with Crippen LogP contribution in [0.4, 0.5) is 0 Å². The summed E-state index contributed by atoms with van der Waals surface area (Å²) in [5.41, 5.74) is 3.03. The maximum Gasteiger partial charge on any atom is 0.253 e. The van der Waals surface area contributed by atoms with E-state index in [0.717, 1.165) is 13.0 Å². The van der Waals surface area contributed by atoms with Crippen molar-refractivity contribution in [1.82, 2.24) is 10.6 Å². The second kappa shape index (κ2) is 7.66. The molecule has 2 heterocycles. The number of hydrogen-bond donors (Lipinski definition) is 2. The van der Waals surface area contributed by atoms with E-state index in [1.165, 1.54) is 22.5 Å². The molecule has 7 heteroatoms. The molecule has 0 aliphatic carbocycles. The average Bonchev–Trinajstić information content (AvgIpc) is 2.83. The highest BCUT2D eigenvalue weighted by molar-refractivity contribution is 7.20. The molecule has 0 fully saturated rings. The third-order valence-corrected chi connectivity index (χ3v) is 5.07. The molecule has 1 atom stereocenters. The zero-order valence-corrected chi connectivity index (χ0v) is 14.7. The third kappa shape index (κ3) is 3.76. The zero-order valence-electron chi connectivity index (χ0n) is 11.6. The molecule has 0 bridgehead atoms. The Labute approximate surface area is 149 Å². The van der Waals surface area contributed by atoms with E-state index in [4.69, 9.17) is 23.2 Å². The SMILES string of the molecule is Cl.O=C(NCC1NCCc2ccccc21)c1cc(Cl)sc1Cl. The molecule has 1 amide bonds. The van der Waals surface area contributed by atoms with Crippen molar-refractivity contribution in [3.05, 3.63) is 55.7 Å². The molecule has 118 valence electrons. The Morgan fingerprint density at radius 2 is 2.14 bits per heavy atom. The number of fused-ring (bicyclic) bond motifs is 1. The summed E-state index contributed by atoms with van der Waals surface area (Å²) in [6, 6.07) is 10.1. The molecule has 3 nitrogen and oxygen atoms in total. The molecule has 1 aliphatic rings. The molecule has 2 aromatic rings. The summed E-state index contributed by atoms with van der Waals surface area (Å²) >= 11 is 13.1. The van der Waals surface area contributed by atoms with E-state index in [-0.39, 0.29) is 24.4 Å². The highest BCUT2D eigenvalue weighted by Crippen LogP contribution is 2.31. The third-order valence-electron chi connectivity index (χ3n) is 3.58. The lowest BCUT2D eigenvalue weighted by Gasteiger charge is -2.27. The molecule has 0 saturated carbocycles. The van der Waals surface area contributed by atoms with Crippen LogP contribution in [-0.2, 0) is 6.42 Å². The Hall–Kier alpha value is -0.780. The van der Waals surface area contributed by atoms with Crippen LogP contribution in [0.25, 0.3) is 0 Å². The topological polar surface area (TPSA) is 41.1 Å². The average molecular weight is 378 g/mol. The van der Waals surface area contributed by atoms with Crippen molar-refractivity contribution in [2.45, 2.75) is 12.5 Å². The van der Waals surface area contributed by atoms with Crippen molar-refractivity contribution in [1.29, 1.82) is 0 Å². The molecular weight excluding hydrogens is 363 g/mol. The van der Waals surface area contributed by atoms with Crippen LogP contribution in [0.1, 0.15) is 27.5 Å². The Morgan fingerprint density at radius 3 is 2.86 bits per heavy atom. The summed E-state index contributed by atoms with van der Waals surface area (Å²) in [6.45, 7) is 1.45. The highest BCUT2D eigenvalue weighted by Gasteiger charge is 2.21. The summed E-state index contributed by atoms with van der Waals surface area (Å²) in [5.74, 6) is -0.187. The first-order valence-electron chi connectivity index (χ1n) is 6.69. The van der Waals surface area contributed by atoms with Crippen molar-refractivity contribution in [2.24, 2.45) is 0 Å². The van der Waals surface area contributed by atoms with E-state index in [9.17, 15) is 4.79 Å². The second-order valence-electron chi connectivity index (χ2n) is 4.90. The number of thiophene rings is 1. The molecule has 0 saturated heterocycles. The van der Waals surface area contributed by atoms with Gasteiger partial charge in [0.05, 0.1) is 9.90 Å². The molecule has 1 unspecified atom stereocenters. The van der Waals surface area contributed by atoms with Crippen molar-refractivity contribution < 1.29 is 4.79 Å². The molecule has 1 aromatic carbocycles. The number of rotatable bonds is 3. The van der Waals surface area contributed by atoms with Crippen LogP contribution in [0.3, 0.4) is 0 Å². The Kier molecular flexibility index (Phi) is 6.12. The molecular formula is C15H15Cl3N2OS. The number of carbonyl (C=O) groups is 1. The van der Waals surface area contributed by atoms with Crippen LogP contribution in [-0.4, -0.2) is 19.0 Å². The van der Waals surface area contributed by atoms with Gasteiger partial charge in [0.15, 0.2) is 0 Å². The fraction of sp³-hybridized carbons (Fsp3) is 0.267. The molecule has 0 spiro atoms.